The second kappa shape index (κ2) is 8.10. The van der Waals surface area contributed by atoms with Gasteiger partial charge in [0.15, 0.2) is 5.78 Å². The van der Waals surface area contributed by atoms with E-state index in [2.05, 4.69) is 55.0 Å². The van der Waals surface area contributed by atoms with E-state index in [4.69, 9.17) is 0 Å². The number of carbonyl (C=O) groups excluding carboxylic acids is 1. The highest BCUT2D eigenvalue weighted by Crippen LogP contribution is 2.25. The summed E-state index contributed by atoms with van der Waals surface area (Å²) in [5, 5.41) is 3.18. The topological polar surface area (TPSA) is 77.5 Å². The van der Waals surface area contributed by atoms with Gasteiger partial charge in [0.05, 0.1) is 18.4 Å². The highest BCUT2D eigenvalue weighted by atomic mass is 16.1. The van der Waals surface area contributed by atoms with Gasteiger partial charge in [-0.2, -0.15) is 4.98 Å². The summed E-state index contributed by atoms with van der Waals surface area (Å²) < 4.78 is 0. The first-order chi connectivity index (χ1) is 13.6. The molecule has 0 bridgehead atoms. The second-order valence-electron chi connectivity index (χ2n) is 7.49. The van der Waals surface area contributed by atoms with Crippen LogP contribution in [0.4, 0.5) is 23.3 Å². The zero-order chi connectivity index (χ0) is 19.5. The smallest absolute Gasteiger partial charge is 0.230 e. The molecule has 0 saturated carbocycles. The molecule has 2 aromatic rings. The van der Waals surface area contributed by atoms with Crippen molar-refractivity contribution in [2.75, 3.05) is 54.9 Å². The number of ketones is 1. The molecule has 8 heteroatoms. The fourth-order valence-electron chi connectivity index (χ4n) is 3.79. The van der Waals surface area contributed by atoms with Crippen LogP contribution in [0.1, 0.15) is 19.8 Å². The summed E-state index contributed by atoms with van der Waals surface area (Å²) in [6, 6.07) is 6.11. The molecule has 0 unspecified atom stereocenters. The van der Waals surface area contributed by atoms with Crippen molar-refractivity contribution >= 4 is 29.1 Å². The van der Waals surface area contributed by atoms with E-state index in [0.29, 0.717) is 24.7 Å². The third-order valence-corrected chi connectivity index (χ3v) is 5.51. The van der Waals surface area contributed by atoms with Crippen LogP contribution in [0.15, 0.2) is 30.6 Å². The number of piperazine rings is 1. The molecule has 1 N–H and O–H groups in total. The fraction of sp³-hybridized carbons (Fsp3) is 0.500. The van der Waals surface area contributed by atoms with Crippen LogP contribution in [0.2, 0.25) is 0 Å². The van der Waals surface area contributed by atoms with Gasteiger partial charge in [-0.1, -0.05) is 6.92 Å². The molecule has 2 aliphatic rings. The number of likely N-dealkylation sites (N-methyl/N-ethyl adjacent to an activating group) is 1. The molecule has 148 valence electrons. The first-order valence-corrected chi connectivity index (χ1v) is 9.90. The summed E-state index contributed by atoms with van der Waals surface area (Å²) in [5.74, 6) is 2.25. The molecule has 0 aromatic carbocycles. The maximum absolute atomic E-state index is 11.8. The summed E-state index contributed by atoms with van der Waals surface area (Å²) in [6.07, 6.45) is 5.13. The van der Waals surface area contributed by atoms with Gasteiger partial charge in [-0.15, -0.1) is 0 Å². The number of rotatable bonds is 5. The van der Waals surface area contributed by atoms with E-state index in [-0.39, 0.29) is 11.8 Å². The number of nitrogens with one attached hydrogen (secondary N) is 1. The average molecular weight is 381 g/mol. The highest BCUT2D eigenvalue weighted by molar-refractivity contribution is 5.87. The lowest BCUT2D eigenvalue weighted by atomic mass is 10.1. The lowest BCUT2D eigenvalue weighted by Crippen LogP contribution is -2.44. The molecule has 0 spiro atoms. The first kappa shape index (κ1) is 18.6. The average Bonchev–Trinajstić information content (AvgIpc) is 3.10. The summed E-state index contributed by atoms with van der Waals surface area (Å²) in [6.45, 7) is 6.69. The van der Waals surface area contributed by atoms with Gasteiger partial charge in [0, 0.05) is 44.8 Å². The Morgan fingerprint density at radius 1 is 1.14 bits per heavy atom. The Bertz CT molecular complexity index is 818. The molecular formula is C20H27N7O. The maximum atomic E-state index is 11.8. The number of anilines is 4. The van der Waals surface area contributed by atoms with Gasteiger partial charge >= 0.3 is 0 Å². The first-order valence-electron chi connectivity index (χ1n) is 9.90. The van der Waals surface area contributed by atoms with E-state index in [0.717, 1.165) is 44.1 Å². The predicted molar refractivity (Wildman–Crippen MR) is 110 cm³/mol. The van der Waals surface area contributed by atoms with Crippen molar-refractivity contribution in [3.05, 3.63) is 30.6 Å². The number of Topliss-reactive ketones (excluding diaryl/α,β-unsaturated/α-hetero) is 1. The van der Waals surface area contributed by atoms with Crippen molar-refractivity contribution < 1.29 is 4.79 Å². The Balaban J connectivity index is 1.44. The van der Waals surface area contributed by atoms with Crippen molar-refractivity contribution in [2.24, 2.45) is 0 Å². The number of hydrogen-bond acceptors (Lipinski definition) is 8. The third-order valence-electron chi connectivity index (χ3n) is 5.51. The largest absolute Gasteiger partial charge is 0.368 e. The molecule has 28 heavy (non-hydrogen) atoms. The lowest BCUT2D eigenvalue weighted by molar-refractivity contribution is -0.116. The van der Waals surface area contributed by atoms with Gasteiger partial charge < -0.3 is 20.0 Å². The quantitative estimate of drug-likeness (QED) is 0.842. The van der Waals surface area contributed by atoms with Crippen LogP contribution in [-0.2, 0) is 4.79 Å². The van der Waals surface area contributed by atoms with E-state index < -0.39 is 0 Å². The van der Waals surface area contributed by atoms with Crippen LogP contribution in [-0.4, -0.2) is 71.4 Å². The summed E-state index contributed by atoms with van der Waals surface area (Å²) in [7, 11) is 2.15. The molecule has 0 aliphatic carbocycles. The van der Waals surface area contributed by atoms with Gasteiger partial charge in [-0.05, 0) is 31.7 Å². The van der Waals surface area contributed by atoms with E-state index in [1.165, 1.54) is 0 Å². The van der Waals surface area contributed by atoms with Gasteiger partial charge in [-0.3, -0.25) is 4.79 Å². The Labute approximate surface area is 165 Å². The van der Waals surface area contributed by atoms with E-state index in [9.17, 15) is 4.79 Å². The van der Waals surface area contributed by atoms with Crippen LogP contribution >= 0.6 is 0 Å². The molecule has 2 aromatic heterocycles. The summed E-state index contributed by atoms with van der Waals surface area (Å²) in [4.78, 5) is 32.0. The van der Waals surface area contributed by atoms with Gasteiger partial charge in [0.2, 0.25) is 5.95 Å². The molecule has 8 nitrogen and oxygen atoms in total. The molecule has 2 aliphatic heterocycles. The number of carbonyl (C=O) groups is 1. The molecule has 2 saturated heterocycles. The van der Waals surface area contributed by atoms with Crippen molar-refractivity contribution in [3.63, 3.8) is 0 Å². The van der Waals surface area contributed by atoms with E-state index >= 15 is 0 Å². The predicted octanol–water partition coefficient (Wildman–Crippen LogP) is 1.92. The molecule has 4 heterocycles. The van der Waals surface area contributed by atoms with Crippen molar-refractivity contribution in [1.82, 2.24) is 19.9 Å². The number of hydrogen-bond donors (Lipinski definition) is 1. The monoisotopic (exact) mass is 381 g/mol. The third kappa shape index (κ3) is 4.06. The number of pyridine rings is 1. The van der Waals surface area contributed by atoms with Crippen LogP contribution in [0.5, 0.6) is 0 Å². The van der Waals surface area contributed by atoms with Crippen molar-refractivity contribution in [2.45, 2.75) is 25.8 Å². The Kier molecular flexibility index (Phi) is 5.38. The molecule has 0 radical (unpaired) electrons. The van der Waals surface area contributed by atoms with Gasteiger partial charge in [-0.25, -0.2) is 9.97 Å². The normalized spacial score (nSPS) is 20.6. The zero-order valence-electron chi connectivity index (χ0n) is 16.5. The highest BCUT2D eigenvalue weighted by Gasteiger charge is 2.30. The zero-order valence-corrected chi connectivity index (χ0v) is 16.5. The number of aromatic nitrogens is 3. The summed E-state index contributed by atoms with van der Waals surface area (Å²) >= 11 is 0. The minimum atomic E-state index is 0.219. The molecule has 4 rings (SSSR count). The molecular weight excluding hydrogens is 354 g/mol. The second-order valence-corrected chi connectivity index (χ2v) is 7.49. The minimum absolute atomic E-state index is 0.219. The Morgan fingerprint density at radius 3 is 2.68 bits per heavy atom. The van der Waals surface area contributed by atoms with Crippen LogP contribution in [0.3, 0.4) is 0 Å². The Hall–Kier alpha value is -2.74. The van der Waals surface area contributed by atoms with Crippen LogP contribution in [0.25, 0.3) is 0 Å². The lowest BCUT2D eigenvalue weighted by Gasteiger charge is -2.33. The molecule has 2 fully saturated rings. The van der Waals surface area contributed by atoms with Crippen LogP contribution in [0, 0.1) is 0 Å². The summed E-state index contributed by atoms with van der Waals surface area (Å²) in [5.41, 5.74) is 1.13. The Morgan fingerprint density at radius 2 is 1.96 bits per heavy atom. The van der Waals surface area contributed by atoms with E-state index in [1.807, 2.05) is 18.3 Å². The minimum Gasteiger partial charge on any atom is -0.368 e. The SMILES string of the molecule is CC[C@H]1CC(=O)CN1c1ccnc(Nc2ccc(N3CCN(C)CC3)cn2)n1. The number of nitrogens with zero attached hydrogens (tertiary/aromatic N) is 6. The molecule has 0 amide bonds. The van der Waals surface area contributed by atoms with Gasteiger partial charge in [0.1, 0.15) is 11.6 Å². The van der Waals surface area contributed by atoms with Crippen molar-refractivity contribution in [1.29, 1.82) is 0 Å². The van der Waals surface area contributed by atoms with E-state index in [1.54, 1.807) is 6.20 Å². The van der Waals surface area contributed by atoms with Crippen molar-refractivity contribution in [3.8, 4) is 0 Å². The maximum Gasteiger partial charge on any atom is 0.230 e. The molecule has 1 atom stereocenters. The fourth-order valence-corrected chi connectivity index (χ4v) is 3.79. The standard InChI is InChI=1S/C20H27N7O/c1-3-15-12-17(28)14-27(15)19-6-7-21-20(24-19)23-18-5-4-16(13-22-18)26-10-8-25(2)9-11-26/h4-7,13,15H,3,8-12,14H2,1-2H3,(H,21,22,23,24)/t15-/m0/s1. The van der Waals surface area contributed by atoms with Gasteiger partial charge in [0.25, 0.3) is 0 Å². The van der Waals surface area contributed by atoms with Crippen LogP contribution < -0.4 is 15.1 Å².